The van der Waals surface area contributed by atoms with E-state index in [2.05, 4.69) is 47.2 Å². The highest BCUT2D eigenvalue weighted by Crippen LogP contribution is 2.37. The first-order valence-electron chi connectivity index (χ1n) is 12.7. The van der Waals surface area contributed by atoms with Crippen LogP contribution < -0.4 is 20.3 Å². The van der Waals surface area contributed by atoms with Gasteiger partial charge in [0.15, 0.2) is 5.75 Å². The molecule has 0 unspecified atom stereocenters. The first-order chi connectivity index (χ1) is 16.9. The van der Waals surface area contributed by atoms with Crippen molar-refractivity contribution in [3.8, 4) is 5.75 Å². The number of benzene rings is 1. The van der Waals surface area contributed by atoms with Gasteiger partial charge in [0, 0.05) is 19.1 Å². The number of likely N-dealkylation sites (tertiary alicyclic amines) is 1. The second-order valence-corrected chi connectivity index (χ2v) is 10.4. The highest BCUT2D eigenvalue weighted by Gasteiger charge is 2.24. The third kappa shape index (κ3) is 6.83. The molecule has 1 aliphatic heterocycles. The van der Waals surface area contributed by atoms with Gasteiger partial charge < -0.3 is 25.2 Å². The zero-order chi connectivity index (χ0) is 24.8. The molecular weight excluding hydrogens is 482 g/mol. The lowest BCUT2D eigenvalue weighted by Gasteiger charge is -2.35. The minimum atomic E-state index is 0.216. The topological polar surface area (TPSA) is 78.4 Å². The maximum Gasteiger partial charge on any atom is 0.233 e. The molecule has 1 aromatic heterocycles. The van der Waals surface area contributed by atoms with E-state index >= 15 is 0 Å². The number of halogens is 1. The first kappa shape index (κ1) is 26.1. The van der Waals surface area contributed by atoms with Crippen molar-refractivity contribution in [2.24, 2.45) is 0 Å². The van der Waals surface area contributed by atoms with Gasteiger partial charge in [0.05, 0.1) is 10.7 Å². The lowest BCUT2D eigenvalue weighted by Crippen LogP contribution is -2.42. The molecule has 35 heavy (non-hydrogen) atoms. The van der Waals surface area contributed by atoms with E-state index < -0.39 is 0 Å². The molecule has 4 rings (SSSR count). The number of aromatic nitrogens is 3. The first-order valence-corrected chi connectivity index (χ1v) is 13.7. The smallest absolute Gasteiger partial charge is 0.233 e. The molecule has 1 saturated heterocycles. The third-order valence-electron chi connectivity index (χ3n) is 7.11. The van der Waals surface area contributed by atoms with E-state index in [1.807, 2.05) is 19.1 Å². The van der Waals surface area contributed by atoms with Crippen LogP contribution >= 0.6 is 24.2 Å². The van der Waals surface area contributed by atoms with Gasteiger partial charge in [-0.15, -0.1) is 12.6 Å². The van der Waals surface area contributed by atoms with Gasteiger partial charge in [-0.3, -0.25) is 0 Å². The van der Waals surface area contributed by atoms with E-state index in [9.17, 15) is 0 Å². The normalized spacial score (nSPS) is 18.2. The molecule has 0 bridgehead atoms. The van der Waals surface area contributed by atoms with Crippen LogP contribution in [0.3, 0.4) is 0 Å². The van der Waals surface area contributed by atoms with E-state index in [-0.39, 0.29) is 5.94 Å². The van der Waals surface area contributed by atoms with Gasteiger partial charge in [-0.2, -0.15) is 15.0 Å². The molecular formula is C25H38ClN7OS. The average molecular weight is 520 g/mol. The summed E-state index contributed by atoms with van der Waals surface area (Å²) in [5.74, 6) is 2.51. The molecule has 1 saturated carbocycles. The Labute approximate surface area is 219 Å². The Balaban J connectivity index is 1.64. The van der Waals surface area contributed by atoms with Crippen LogP contribution in [0.2, 0.25) is 5.02 Å². The standard InChI is InChI=1S/C25H38ClN7OS/c1-17-10-11-20(22(21(17)26)34-16-35)28-24-29-23(27-18-8-6-4-5-7-9-18)30-25(31-24)33(3)19-12-14-32(2)15-13-19/h10-11,18-19,35H,4-9,12-16H2,1-3H3,(H2,27,28,29,30,31). The van der Waals surface area contributed by atoms with Gasteiger partial charge in [-0.1, -0.05) is 43.4 Å². The van der Waals surface area contributed by atoms with Crippen molar-refractivity contribution in [2.75, 3.05) is 48.7 Å². The lowest BCUT2D eigenvalue weighted by molar-refractivity contribution is 0.252. The van der Waals surface area contributed by atoms with E-state index in [4.69, 9.17) is 31.3 Å². The molecule has 0 amide bonds. The van der Waals surface area contributed by atoms with Gasteiger partial charge >= 0.3 is 0 Å². The van der Waals surface area contributed by atoms with E-state index in [0.717, 1.165) is 44.3 Å². The molecule has 0 atom stereocenters. The van der Waals surface area contributed by atoms with Crippen molar-refractivity contribution >= 4 is 47.8 Å². The van der Waals surface area contributed by atoms with Crippen molar-refractivity contribution in [3.63, 3.8) is 0 Å². The minimum absolute atomic E-state index is 0.216. The van der Waals surface area contributed by atoms with Crippen molar-refractivity contribution in [3.05, 3.63) is 22.7 Å². The Morgan fingerprint density at radius 3 is 2.43 bits per heavy atom. The molecule has 8 nitrogen and oxygen atoms in total. The molecule has 2 N–H and O–H groups in total. The number of rotatable bonds is 8. The predicted molar refractivity (Wildman–Crippen MR) is 148 cm³/mol. The summed E-state index contributed by atoms with van der Waals surface area (Å²) in [4.78, 5) is 19.0. The summed E-state index contributed by atoms with van der Waals surface area (Å²) in [6, 6.07) is 4.66. The number of hydrogen-bond donors (Lipinski definition) is 3. The molecule has 2 aromatic rings. The quantitative estimate of drug-likeness (QED) is 0.239. The van der Waals surface area contributed by atoms with Crippen LogP contribution in [0.5, 0.6) is 5.75 Å². The largest absolute Gasteiger partial charge is 0.479 e. The van der Waals surface area contributed by atoms with E-state index in [1.165, 1.54) is 25.7 Å². The number of piperidine rings is 1. The molecule has 1 aliphatic carbocycles. The fraction of sp³-hybridized carbons (Fsp3) is 0.640. The maximum atomic E-state index is 6.54. The third-order valence-corrected chi connectivity index (χ3v) is 7.71. The maximum absolute atomic E-state index is 6.54. The summed E-state index contributed by atoms with van der Waals surface area (Å²) in [5, 5.41) is 7.50. The van der Waals surface area contributed by atoms with Crippen LogP contribution in [-0.2, 0) is 0 Å². The summed E-state index contributed by atoms with van der Waals surface area (Å²) in [7, 11) is 4.26. The molecule has 2 fully saturated rings. The van der Waals surface area contributed by atoms with Crippen LogP contribution in [0, 0.1) is 6.92 Å². The summed E-state index contributed by atoms with van der Waals surface area (Å²) in [6.45, 7) is 4.10. The number of nitrogens with zero attached hydrogens (tertiary/aromatic N) is 5. The van der Waals surface area contributed by atoms with E-state index in [0.29, 0.717) is 46.4 Å². The summed E-state index contributed by atoms with van der Waals surface area (Å²) < 4.78 is 5.74. The van der Waals surface area contributed by atoms with Crippen LogP contribution in [0.25, 0.3) is 0 Å². The molecule has 2 heterocycles. The Morgan fingerprint density at radius 1 is 1.06 bits per heavy atom. The zero-order valence-corrected chi connectivity index (χ0v) is 22.7. The number of hydrogen-bond acceptors (Lipinski definition) is 9. The highest BCUT2D eigenvalue weighted by atomic mass is 35.5. The van der Waals surface area contributed by atoms with Crippen LogP contribution in [0.1, 0.15) is 56.9 Å². The summed E-state index contributed by atoms with van der Waals surface area (Å²) in [6.07, 6.45) is 9.53. The van der Waals surface area contributed by atoms with Gasteiger partial charge in [-0.05, 0) is 64.4 Å². The fourth-order valence-electron chi connectivity index (χ4n) is 4.87. The molecule has 2 aliphatic rings. The van der Waals surface area contributed by atoms with Crippen LogP contribution in [-0.4, -0.2) is 65.1 Å². The molecule has 0 radical (unpaired) electrons. The van der Waals surface area contributed by atoms with Gasteiger partial charge in [0.2, 0.25) is 17.8 Å². The minimum Gasteiger partial charge on any atom is -0.479 e. The fourth-order valence-corrected chi connectivity index (χ4v) is 5.22. The Hall–Kier alpha value is -1.97. The number of anilines is 4. The van der Waals surface area contributed by atoms with Crippen molar-refractivity contribution in [1.29, 1.82) is 0 Å². The van der Waals surface area contributed by atoms with Crippen molar-refractivity contribution in [1.82, 2.24) is 19.9 Å². The monoisotopic (exact) mass is 519 g/mol. The number of ether oxygens (including phenoxy) is 1. The van der Waals surface area contributed by atoms with Crippen LogP contribution in [0.4, 0.5) is 23.5 Å². The average Bonchev–Trinajstić information content (AvgIpc) is 3.12. The second-order valence-electron chi connectivity index (χ2n) is 9.73. The van der Waals surface area contributed by atoms with Gasteiger partial charge in [-0.25, -0.2) is 0 Å². The van der Waals surface area contributed by atoms with Gasteiger partial charge in [0.25, 0.3) is 0 Å². The Kier molecular flexibility index (Phi) is 9.19. The highest BCUT2D eigenvalue weighted by molar-refractivity contribution is 7.80. The summed E-state index contributed by atoms with van der Waals surface area (Å²) >= 11 is 10.8. The molecule has 10 heteroatoms. The van der Waals surface area contributed by atoms with Gasteiger partial charge in [0.1, 0.15) is 5.94 Å². The number of thiol groups is 1. The molecule has 1 aromatic carbocycles. The molecule has 0 spiro atoms. The SMILES string of the molecule is Cc1ccc(Nc2nc(NC3CCCCCC3)nc(N(C)C3CCN(C)CC3)n2)c(OCS)c1Cl. The number of nitrogens with one attached hydrogen (secondary N) is 2. The second kappa shape index (κ2) is 12.3. The molecule has 192 valence electrons. The summed E-state index contributed by atoms with van der Waals surface area (Å²) in [5.41, 5.74) is 1.64. The lowest BCUT2D eigenvalue weighted by atomic mass is 10.0. The van der Waals surface area contributed by atoms with E-state index in [1.54, 1.807) is 0 Å². The zero-order valence-electron chi connectivity index (χ0n) is 21.1. The van der Waals surface area contributed by atoms with Crippen molar-refractivity contribution < 1.29 is 4.74 Å². The van der Waals surface area contributed by atoms with Crippen molar-refractivity contribution in [2.45, 2.75) is 70.4 Å². The number of aryl methyl sites for hydroxylation is 1. The predicted octanol–water partition coefficient (Wildman–Crippen LogP) is 5.51. The Bertz CT molecular complexity index is 979. The Morgan fingerprint density at radius 2 is 1.74 bits per heavy atom. The van der Waals surface area contributed by atoms with Crippen LogP contribution in [0.15, 0.2) is 12.1 Å².